The number of nitrogens with one attached hydrogen (secondary N) is 1. The summed E-state index contributed by atoms with van der Waals surface area (Å²) in [5.74, 6) is -0.450. The zero-order valence-corrected chi connectivity index (χ0v) is 9.55. The van der Waals surface area contributed by atoms with Crippen molar-refractivity contribution in [1.82, 2.24) is 10.3 Å². The number of hydrogen-bond acceptors (Lipinski definition) is 4. The molecule has 0 bridgehead atoms. The van der Waals surface area contributed by atoms with Crippen molar-refractivity contribution in [1.29, 1.82) is 0 Å². The molecule has 1 aliphatic rings. The van der Waals surface area contributed by atoms with Crippen molar-refractivity contribution in [2.24, 2.45) is 0 Å². The van der Waals surface area contributed by atoms with E-state index in [0.717, 1.165) is 18.1 Å². The van der Waals surface area contributed by atoms with Crippen molar-refractivity contribution in [3.05, 3.63) is 16.1 Å². The number of hydrogen-bond donors (Lipinski definition) is 2. The monoisotopic (exact) mass is 256 g/mol. The zero-order chi connectivity index (χ0) is 8.55. The van der Waals surface area contributed by atoms with Crippen LogP contribution >= 0.6 is 36.2 Å². The van der Waals surface area contributed by atoms with Gasteiger partial charge in [-0.05, 0) is 0 Å². The molecule has 0 atom stereocenters. The molecule has 1 fully saturated rings. The van der Waals surface area contributed by atoms with Crippen molar-refractivity contribution in [2.75, 3.05) is 13.1 Å². The average molecular weight is 257 g/mol. The second kappa shape index (κ2) is 5.50. The van der Waals surface area contributed by atoms with Gasteiger partial charge in [0.1, 0.15) is 4.88 Å². The Kier molecular flexibility index (Phi) is 5.36. The lowest BCUT2D eigenvalue weighted by Crippen LogP contribution is -2.39. The molecule has 1 saturated heterocycles. The van der Waals surface area contributed by atoms with Crippen molar-refractivity contribution < 1.29 is 9.90 Å². The summed E-state index contributed by atoms with van der Waals surface area (Å²) in [5.41, 5.74) is 0. The maximum Gasteiger partial charge on any atom is 0.347 e. The smallest absolute Gasteiger partial charge is 0.347 e. The minimum absolute atomic E-state index is 0. The van der Waals surface area contributed by atoms with E-state index in [9.17, 15) is 4.79 Å². The number of aromatic nitrogens is 1. The number of aromatic carboxylic acids is 1. The van der Waals surface area contributed by atoms with Gasteiger partial charge in [0.05, 0.1) is 11.2 Å². The van der Waals surface area contributed by atoms with Crippen LogP contribution in [-0.2, 0) is 0 Å². The lowest BCUT2D eigenvalue weighted by Gasteiger charge is -2.24. The van der Waals surface area contributed by atoms with Crippen LogP contribution in [0.2, 0.25) is 0 Å². The fraction of sp³-hybridized carbons (Fsp3) is 0.429. The average Bonchev–Trinajstić information content (AvgIpc) is 2.32. The molecule has 0 unspecified atom stereocenters. The molecule has 4 nitrogen and oxygen atoms in total. The third kappa shape index (κ3) is 2.57. The highest BCUT2D eigenvalue weighted by molar-refractivity contribution is 7.13. The van der Waals surface area contributed by atoms with Crippen LogP contribution < -0.4 is 5.32 Å². The summed E-state index contributed by atoms with van der Waals surface area (Å²) in [6, 6.07) is 0. The summed E-state index contributed by atoms with van der Waals surface area (Å²) in [4.78, 5) is 14.9. The van der Waals surface area contributed by atoms with E-state index in [1.807, 2.05) is 0 Å². The molecule has 0 aliphatic carbocycles. The number of rotatable bonds is 2. The van der Waals surface area contributed by atoms with Gasteiger partial charge in [0.25, 0.3) is 0 Å². The first-order chi connectivity index (χ1) is 5.77. The van der Waals surface area contributed by atoms with E-state index in [1.54, 1.807) is 0 Å². The highest BCUT2D eigenvalue weighted by Crippen LogP contribution is 2.24. The SMILES string of the molecule is Cl.Cl.O=C(O)c1cnc(C2CNC2)s1. The fourth-order valence-electron chi connectivity index (χ4n) is 1.04. The molecule has 2 rings (SSSR count). The van der Waals surface area contributed by atoms with Gasteiger partial charge in [-0.1, -0.05) is 0 Å². The Labute approximate surface area is 97.6 Å². The largest absolute Gasteiger partial charge is 0.477 e. The number of carbonyl (C=O) groups is 1. The highest BCUT2D eigenvalue weighted by atomic mass is 35.5. The molecule has 2 heterocycles. The topological polar surface area (TPSA) is 62.2 Å². The Morgan fingerprint density at radius 2 is 2.21 bits per heavy atom. The van der Waals surface area contributed by atoms with Gasteiger partial charge in [-0.25, -0.2) is 9.78 Å². The Bertz CT molecular complexity index is 314. The molecule has 1 aliphatic heterocycles. The van der Waals surface area contributed by atoms with Crippen LogP contribution in [0.3, 0.4) is 0 Å². The fourth-order valence-corrected chi connectivity index (χ4v) is 1.90. The molecule has 0 radical (unpaired) electrons. The number of carboxylic acids is 1. The zero-order valence-electron chi connectivity index (χ0n) is 7.10. The molecule has 0 spiro atoms. The van der Waals surface area contributed by atoms with Gasteiger partial charge in [-0.15, -0.1) is 36.2 Å². The second-order valence-electron chi connectivity index (χ2n) is 2.72. The van der Waals surface area contributed by atoms with E-state index in [0.29, 0.717) is 10.8 Å². The molecular weight excluding hydrogens is 247 g/mol. The van der Waals surface area contributed by atoms with E-state index >= 15 is 0 Å². The normalized spacial score (nSPS) is 14.9. The van der Waals surface area contributed by atoms with Gasteiger partial charge >= 0.3 is 5.97 Å². The lowest BCUT2D eigenvalue weighted by atomic mass is 10.1. The summed E-state index contributed by atoms with van der Waals surface area (Å²) < 4.78 is 0. The standard InChI is InChI=1S/C7H8N2O2S.2ClH/c10-7(11)5-3-9-6(12-5)4-1-8-2-4;;/h3-4,8H,1-2H2,(H,10,11);2*1H. The van der Waals surface area contributed by atoms with Crippen LogP contribution in [0, 0.1) is 0 Å². The highest BCUT2D eigenvalue weighted by Gasteiger charge is 2.22. The molecule has 0 saturated carbocycles. The van der Waals surface area contributed by atoms with Gasteiger partial charge < -0.3 is 10.4 Å². The van der Waals surface area contributed by atoms with Crippen LogP contribution in [0.1, 0.15) is 20.6 Å². The molecule has 0 amide bonds. The first-order valence-electron chi connectivity index (χ1n) is 3.67. The Morgan fingerprint density at radius 3 is 2.57 bits per heavy atom. The second-order valence-corrected chi connectivity index (χ2v) is 3.79. The summed E-state index contributed by atoms with van der Waals surface area (Å²) in [6.07, 6.45) is 1.43. The Morgan fingerprint density at radius 1 is 1.57 bits per heavy atom. The Hall–Kier alpha value is -0.360. The van der Waals surface area contributed by atoms with Gasteiger partial charge in [0.2, 0.25) is 0 Å². The first kappa shape index (κ1) is 13.6. The van der Waals surface area contributed by atoms with Gasteiger partial charge in [-0.2, -0.15) is 0 Å². The maximum atomic E-state index is 10.5. The van der Waals surface area contributed by atoms with Gasteiger partial charge in [0.15, 0.2) is 0 Å². The predicted molar refractivity (Wildman–Crippen MR) is 59.2 cm³/mol. The molecule has 80 valence electrons. The minimum atomic E-state index is -0.883. The van der Waals surface area contributed by atoms with Crippen molar-refractivity contribution >= 4 is 42.1 Å². The quantitative estimate of drug-likeness (QED) is 0.840. The Balaban J connectivity index is 0.000000845. The van der Waals surface area contributed by atoms with Gasteiger partial charge in [0, 0.05) is 19.0 Å². The van der Waals surface area contributed by atoms with Crippen LogP contribution in [0.15, 0.2) is 6.20 Å². The van der Waals surface area contributed by atoms with Gasteiger partial charge in [-0.3, -0.25) is 0 Å². The van der Waals surface area contributed by atoms with E-state index in [2.05, 4.69) is 10.3 Å². The van der Waals surface area contributed by atoms with Crippen molar-refractivity contribution in [3.8, 4) is 0 Å². The summed E-state index contributed by atoms with van der Waals surface area (Å²) >= 11 is 1.27. The van der Waals surface area contributed by atoms with E-state index in [-0.39, 0.29) is 24.8 Å². The van der Waals surface area contributed by atoms with E-state index in [1.165, 1.54) is 17.5 Å². The van der Waals surface area contributed by atoms with Crippen LogP contribution in [0.25, 0.3) is 0 Å². The molecule has 2 N–H and O–H groups in total. The molecule has 14 heavy (non-hydrogen) atoms. The van der Waals surface area contributed by atoms with Crippen LogP contribution in [0.5, 0.6) is 0 Å². The molecule has 0 aromatic carbocycles. The van der Waals surface area contributed by atoms with Crippen molar-refractivity contribution in [2.45, 2.75) is 5.92 Å². The third-order valence-electron chi connectivity index (χ3n) is 1.87. The van der Waals surface area contributed by atoms with Crippen LogP contribution in [-0.4, -0.2) is 29.1 Å². The number of nitrogens with zero attached hydrogens (tertiary/aromatic N) is 1. The molecule has 7 heteroatoms. The van der Waals surface area contributed by atoms with E-state index in [4.69, 9.17) is 5.11 Å². The maximum absolute atomic E-state index is 10.5. The van der Waals surface area contributed by atoms with Crippen molar-refractivity contribution in [3.63, 3.8) is 0 Å². The third-order valence-corrected chi connectivity index (χ3v) is 3.01. The summed E-state index contributed by atoms with van der Waals surface area (Å²) in [7, 11) is 0. The minimum Gasteiger partial charge on any atom is -0.477 e. The van der Waals surface area contributed by atoms with Crippen LogP contribution in [0.4, 0.5) is 0 Å². The van der Waals surface area contributed by atoms with E-state index < -0.39 is 5.97 Å². The summed E-state index contributed by atoms with van der Waals surface area (Å²) in [6.45, 7) is 1.85. The molecular formula is C7H10Cl2N2O2S. The predicted octanol–water partition coefficient (Wildman–Crippen LogP) is 1.37. The number of carboxylic acid groups (broad SMARTS) is 1. The number of halogens is 2. The summed E-state index contributed by atoms with van der Waals surface area (Å²) in [5, 5.41) is 12.7. The molecule has 1 aromatic rings. The lowest BCUT2D eigenvalue weighted by molar-refractivity contribution is 0.0702. The number of thiazole rings is 1. The first-order valence-corrected chi connectivity index (χ1v) is 4.49. The molecule has 1 aromatic heterocycles.